The summed E-state index contributed by atoms with van der Waals surface area (Å²) < 4.78 is 43.5. The van der Waals surface area contributed by atoms with Crippen molar-refractivity contribution in [3.63, 3.8) is 0 Å². The van der Waals surface area contributed by atoms with Crippen molar-refractivity contribution < 1.29 is 13.2 Å². The number of alkyl halides is 3. The van der Waals surface area contributed by atoms with Crippen LogP contribution in [0.15, 0.2) is 18.3 Å². The lowest BCUT2D eigenvalue weighted by molar-refractivity contribution is -0.142. The van der Waals surface area contributed by atoms with E-state index in [1.165, 1.54) is 17.3 Å². The molecule has 0 radical (unpaired) electrons. The zero-order chi connectivity index (χ0) is 20.8. The molecule has 0 amide bonds. The van der Waals surface area contributed by atoms with Crippen LogP contribution in [0, 0.1) is 13.8 Å². The van der Waals surface area contributed by atoms with Gasteiger partial charge in [0.2, 0.25) is 0 Å². The van der Waals surface area contributed by atoms with Crippen molar-refractivity contribution in [1.82, 2.24) is 29.3 Å². The van der Waals surface area contributed by atoms with Crippen LogP contribution in [-0.2, 0) is 19.3 Å². The van der Waals surface area contributed by atoms with E-state index in [-0.39, 0.29) is 11.6 Å². The van der Waals surface area contributed by atoms with E-state index in [1.807, 2.05) is 10.9 Å². The van der Waals surface area contributed by atoms with Gasteiger partial charge in [0.15, 0.2) is 5.65 Å². The van der Waals surface area contributed by atoms with E-state index >= 15 is 0 Å². The summed E-state index contributed by atoms with van der Waals surface area (Å²) in [6.07, 6.45) is -0.979. The molecule has 6 nitrogen and oxygen atoms in total. The lowest BCUT2D eigenvalue weighted by Crippen LogP contribution is -2.33. The predicted octanol–water partition coefficient (Wildman–Crippen LogP) is 3.96. The number of hydrogen-bond donors (Lipinski definition) is 0. The van der Waals surface area contributed by atoms with Gasteiger partial charge in [-0.2, -0.15) is 23.4 Å². The zero-order valence-electron chi connectivity index (χ0n) is 16.9. The van der Waals surface area contributed by atoms with Gasteiger partial charge in [-0.25, -0.2) is 9.50 Å². The number of piperidine rings is 1. The van der Waals surface area contributed by atoms with Crippen LogP contribution in [0.2, 0.25) is 0 Å². The van der Waals surface area contributed by atoms with E-state index in [0.717, 1.165) is 43.5 Å². The highest BCUT2D eigenvalue weighted by Crippen LogP contribution is 2.34. The Bertz CT molecular complexity index is 1010. The average molecular weight is 406 g/mol. The molecule has 0 aromatic carbocycles. The molecular weight excluding hydrogens is 381 g/mol. The highest BCUT2D eigenvalue weighted by molar-refractivity contribution is 5.42. The summed E-state index contributed by atoms with van der Waals surface area (Å²) in [5, 5.41) is 8.35. The minimum atomic E-state index is -4.47. The smallest absolute Gasteiger partial charge is 0.299 e. The van der Waals surface area contributed by atoms with Crippen LogP contribution >= 0.6 is 0 Å². The first-order chi connectivity index (χ1) is 13.8. The van der Waals surface area contributed by atoms with Gasteiger partial charge in [0.1, 0.15) is 5.69 Å². The van der Waals surface area contributed by atoms with Gasteiger partial charge < -0.3 is 0 Å². The van der Waals surface area contributed by atoms with Crippen molar-refractivity contribution >= 4 is 5.65 Å². The van der Waals surface area contributed by atoms with Crippen LogP contribution in [0.25, 0.3) is 5.65 Å². The topological polar surface area (TPSA) is 51.2 Å². The van der Waals surface area contributed by atoms with Crippen molar-refractivity contribution in [1.29, 1.82) is 0 Å². The molecule has 1 fully saturated rings. The molecule has 1 aliphatic heterocycles. The summed E-state index contributed by atoms with van der Waals surface area (Å²) in [4.78, 5) is 6.84. The molecular formula is C20H25F3N6. The Kier molecular flexibility index (Phi) is 5.10. The van der Waals surface area contributed by atoms with E-state index < -0.39 is 11.9 Å². The van der Waals surface area contributed by atoms with Crippen molar-refractivity contribution in [3.8, 4) is 0 Å². The predicted molar refractivity (Wildman–Crippen MR) is 103 cm³/mol. The van der Waals surface area contributed by atoms with Gasteiger partial charge in [-0.15, -0.1) is 0 Å². The van der Waals surface area contributed by atoms with Gasteiger partial charge in [0, 0.05) is 42.0 Å². The maximum Gasteiger partial charge on any atom is 0.433 e. The number of likely N-dealkylation sites (tertiary alicyclic amines) is 1. The summed E-state index contributed by atoms with van der Waals surface area (Å²) in [6.45, 7) is 9.13. The maximum absolute atomic E-state index is 13.5. The number of halogens is 3. The first-order valence-corrected chi connectivity index (χ1v) is 9.94. The molecule has 0 unspecified atom stereocenters. The fourth-order valence-electron chi connectivity index (χ4n) is 4.11. The van der Waals surface area contributed by atoms with Crippen LogP contribution in [0.3, 0.4) is 0 Å². The molecule has 4 rings (SSSR count). The molecule has 3 aromatic rings. The quantitative estimate of drug-likeness (QED) is 0.658. The first-order valence-electron chi connectivity index (χ1n) is 9.94. The number of rotatable bonds is 4. The number of nitrogens with zero attached hydrogens (tertiary/aromatic N) is 6. The molecule has 0 atom stereocenters. The summed E-state index contributed by atoms with van der Waals surface area (Å²) in [7, 11) is 0. The van der Waals surface area contributed by atoms with Crippen LogP contribution in [0.4, 0.5) is 13.2 Å². The lowest BCUT2D eigenvalue weighted by Gasteiger charge is -2.31. The maximum atomic E-state index is 13.5. The van der Waals surface area contributed by atoms with Crippen molar-refractivity contribution in [2.75, 3.05) is 13.1 Å². The highest BCUT2D eigenvalue weighted by atomic mass is 19.4. The Morgan fingerprint density at radius 2 is 1.86 bits per heavy atom. The third-order valence-electron chi connectivity index (χ3n) is 5.76. The Hall–Kier alpha value is -2.42. The lowest BCUT2D eigenvalue weighted by atomic mass is 9.92. The van der Waals surface area contributed by atoms with E-state index in [2.05, 4.69) is 33.9 Å². The van der Waals surface area contributed by atoms with Gasteiger partial charge in [0.05, 0.1) is 11.9 Å². The fourth-order valence-corrected chi connectivity index (χ4v) is 4.11. The molecule has 3 aromatic heterocycles. The zero-order valence-corrected chi connectivity index (χ0v) is 16.9. The van der Waals surface area contributed by atoms with Gasteiger partial charge >= 0.3 is 6.18 Å². The minimum Gasteiger partial charge on any atom is -0.299 e. The van der Waals surface area contributed by atoms with Crippen LogP contribution in [0.1, 0.15) is 54.0 Å². The first kappa shape index (κ1) is 19.9. The molecule has 0 saturated carbocycles. The van der Waals surface area contributed by atoms with E-state index in [4.69, 9.17) is 0 Å². The molecule has 9 heteroatoms. The highest BCUT2D eigenvalue weighted by Gasteiger charge is 2.36. The third kappa shape index (κ3) is 3.88. The van der Waals surface area contributed by atoms with E-state index in [1.54, 1.807) is 13.0 Å². The van der Waals surface area contributed by atoms with Gasteiger partial charge in [-0.05, 0) is 52.8 Å². The summed E-state index contributed by atoms with van der Waals surface area (Å²) in [6, 6.07) is 2.78. The van der Waals surface area contributed by atoms with Crippen molar-refractivity contribution in [2.24, 2.45) is 0 Å². The fraction of sp³-hybridized carbons (Fsp3) is 0.550. The largest absolute Gasteiger partial charge is 0.433 e. The van der Waals surface area contributed by atoms with Crippen LogP contribution < -0.4 is 0 Å². The molecule has 0 bridgehead atoms. The molecule has 0 aliphatic carbocycles. The second-order valence-corrected chi connectivity index (χ2v) is 7.74. The van der Waals surface area contributed by atoms with Crippen LogP contribution in [-0.4, -0.2) is 42.4 Å². The number of aromatic nitrogens is 5. The number of fused-ring (bicyclic) bond motifs is 1. The molecule has 0 spiro atoms. The van der Waals surface area contributed by atoms with Crippen molar-refractivity contribution in [3.05, 3.63) is 46.7 Å². The second-order valence-electron chi connectivity index (χ2n) is 7.74. The Morgan fingerprint density at radius 1 is 1.14 bits per heavy atom. The Morgan fingerprint density at radius 3 is 2.48 bits per heavy atom. The van der Waals surface area contributed by atoms with Gasteiger partial charge in [-0.3, -0.25) is 9.58 Å². The monoisotopic (exact) mass is 406 g/mol. The number of hydrogen-bond acceptors (Lipinski definition) is 4. The SMILES string of the molecule is CCn1ncc(CN2CCC(c3cc(C(F)(F)F)n4nc(C)cc4n3)CC2)c1C. The standard InChI is InChI=1S/C20H25F3N6/c1-4-28-14(3)16(11-24-28)12-27-7-5-15(6-8-27)17-10-18(20(21,22)23)29-19(25-17)9-13(2)26-29/h9-11,15H,4-8,12H2,1-3H3. The van der Waals surface area contributed by atoms with E-state index in [9.17, 15) is 13.2 Å². The van der Waals surface area contributed by atoms with Crippen molar-refractivity contribution in [2.45, 2.75) is 58.8 Å². The van der Waals surface area contributed by atoms with Crippen LogP contribution in [0.5, 0.6) is 0 Å². The third-order valence-corrected chi connectivity index (χ3v) is 5.76. The molecule has 4 heterocycles. The molecule has 1 aliphatic rings. The Labute approximate surface area is 167 Å². The molecule has 156 valence electrons. The molecule has 1 saturated heterocycles. The summed E-state index contributed by atoms with van der Waals surface area (Å²) in [5.41, 5.74) is 2.93. The second kappa shape index (κ2) is 7.44. The summed E-state index contributed by atoms with van der Waals surface area (Å²) in [5.74, 6) is 0.0204. The molecule has 29 heavy (non-hydrogen) atoms. The van der Waals surface area contributed by atoms with Gasteiger partial charge in [0.25, 0.3) is 0 Å². The number of aryl methyl sites for hydroxylation is 2. The van der Waals surface area contributed by atoms with Gasteiger partial charge in [-0.1, -0.05) is 0 Å². The molecule has 0 N–H and O–H groups in total. The Balaban J connectivity index is 1.51. The van der Waals surface area contributed by atoms with E-state index in [0.29, 0.717) is 11.4 Å². The summed E-state index contributed by atoms with van der Waals surface area (Å²) >= 11 is 0. The minimum absolute atomic E-state index is 0.0204. The average Bonchev–Trinajstić information content (AvgIpc) is 3.22. The normalized spacial score (nSPS) is 16.8.